The third-order valence-corrected chi connectivity index (χ3v) is 8.77. The SMILES string of the molecule is O=C1C(=O)N(c2nnc(SCc3cccc4ccccc34)s2)C(c2ccc(Cl)cc2)C1=C(O)c1ccncc1. The molecule has 1 fully saturated rings. The van der Waals surface area contributed by atoms with Gasteiger partial charge in [-0.05, 0) is 46.2 Å². The Morgan fingerprint density at radius 2 is 1.69 bits per heavy atom. The van der Waals surface area contributed by atoms with Gasteiger partial charge in [-0.1, -0.05) is 89.3 Å². The number of thioether (sulfide) groups is 1. The van der Waals surface area contributed by atoms with E-state index in [0.29, 0.717) is 26.2 Å². The largest absolute Gasteiger partial charge is 0.507 e. The van der Waals surface area contributed by atoms with Crippen molar-refractivity contribution in [1.82, 2.24) is 15.2 Å². The number of hydrogen-bond donors (Lipinski definition) is 1. The average molecular weight is 571 g/mol. The van der Waals surface area contributed by atoms with E-state index in [1.807, 2.05) is 18.2 Å². The number of anilines is 1. The minimum atomic E-state index is -0.903. The van der Waals surface area contributed by atoms with E-state index in [1.165, 1.54) is 45.8 Å². The molecule has 3 aromatic carbocycles. The van der Waals surface area contributed by atoms with Crippen LogP contribution in [0.15, 0.2) is 101 Å². The molecule has 10 heteroatoms. The summed E-state index contributed by atoms with van der Waals surface area (Å²) < 4.78 is 0.656. The van der Waals surface area contributed by atoms with Crippen LogP contribution in [0.4, 0.5) is 5.13 Å². The van der Waals surface area contributed by atoms with Gasteiger partial charge in [0.15, 0.2) is 4.34 Å². The Morgan fingerprint density at radius 1 is 0.949 bits per heavy atom. The maximum atomic E-state index is 13.4. The maximum absolute atomic E-state index is 13.4. The summed E-state index contributed by atoms with van der Waals surface area (Å²) in [5.41, 5.74) is 2.11. The molecular weight excluding hydrogens is 552 g/mol. The normalized spacial score (nSPS) is 16.7. The van der Waals surface area contributed by atoms with Gasteiger partial charge in [-0.25, -0.2) is 0 Å². The van der Waals surface area contributed by atoms with Gasteiger partial charge in [0.2, 0.25) is 5.13 Å². The molecule has 0 aliphatic carbocycles. The molecule has 3 heterocycles. The van der Waals surface area contributed by atoms with Gasteiger partial charge in [-0.2, -0.15) is 0 Å². The molecule has 0 bridgehead atoms. The fourth-order valence-electron chi connectivity index (χ4n) is 4.57. The number of aliphatic hydroxyl groups is 1. The molecule has 1 unspecified atom stereocenters. The van der Waals surface area contributed by atoms with Crippen LogP contribution in [0.1, 0.15) is 22.7 Å². The van der Waals surface area contributed by atoms with Crippen LogP contribution >= 0.6 is 34.7 Å². The number of halogens is 1. The Morgan fingerprint density at radius 3 is 2.49 bits per heavy atom. The standard InChI is InChI=1S/C29H19ClN4O3S2/c30-21-10-8-18(9-11-21)24-23(25(35)19-12-14-31-15-13-19)26(36)27(37)34(24)28-32-33-29(39-28)38-16-20-6-3-5-17-4-1-2-7-22(17)20/h1-15,24,35H,16H2. The second kappa shape index (κ2) is 10.6. The van der Waals surface area contributed by atoms with Crippen LogP contribution < -0.4 is 4.90 Å². The van der Waals surface area contributed by atoms with Crippen molar-refractivity contribution >= 4 is 68.1 Å². The monoisotopic (exact) mass is 570 g/mol. The highest BCUT2D eigenvalue weighted by molar-refractivity contribution is 8.00. The van der Waals surface area contributed by atoms with Crippen LogP contribution in [0.5, 0.6) is 0 Å². The smallest absolute Gasteiger partial charge is 0.301 e. The van der Waals surface area contributed by atoms with Crippen LogP contribution in [0.25, 0.3) is 16.5 Å². The van der Waals surface area contributed by atoms with Crippen molar-refractivity contribution in [3.63, 3.8) is 0 Å². The quantitative estimate of drug-likeness (QED) is 0.0801. The number of ketones is 1. The Kier molecular flexibility index (Phi) is 6.86. The lowest BCUT2D eigenvalue weighted by Crippen LogP contribution is -2.29. The number of carbonyl (C=O) groups excluding carboxylic acids is 2. The molecule has 0 spiro atoms. The molecule has 192 valence electrons. The van der Waals surface area contributed by atoms with Crippen molar-refractivity contribution in [3.05, 3.63) is 119 Å². The summed E-state index contributed by atoms with van der Waals surface area (Å²) in [6.07, 6.45) is 3.01. The summed E-state index contributed by atoms with van der Waals surface area (Å²) in [5, 5.41) is 22.8. The van der Waals surface area contributed by atoms with E-state index in [1.54, 1.807) is 36.4 Å². The van der Waals surface area contributed by atoms with Crippen molar-refractivity contribution < 1.29 is 14.7 Å². The molecule has 5 aromatic rings. The number of fused-ring (bicyclic) bond motifs is 1. The van der Waals surface area contributed by atoms with Crippen molar-refractivity contribution in [2.24, 2.45) is 0 Å². The highest BCUT2D eigenvalue weighted by Crippen LogP contribution is 2.44. The first-order chi connectivity index (χ1) is 19.0. The zero-order valence-corrected chi connectivity index (χ0v) is 22.6. The predicted molar refractivity (Wildman–Crippen MR) is 154 cm³/mol. The summed E-state index contributed by atoms with van der Waals surface area (Å²) in [6.45, 7) is 0. The molecule has 0 radical (unpaired) electrons. The number of Topliss-reactive ketones (excluding diaryl/α,β-unsaturated/α-hetero) is 1. The van der Waals surface area contributed by atoms with Crippen LogP contribution in [0.3, 0.4) is 0 Å². The third-order valence-electron chi connectivity index (χ3n) is 6.42. The molecule has 1 amide bonds. The van der Waals surface area contributed by atoms with Crippen LogP contribution in [-0.4, -0.2) is 32.0 Å². The van der Waals surface area contributed by atoms with E-state index in [4.69, 9.17) is 11.6 Å². The van der Waals surface area contributed by atoms with E-state index < -0.39 is 17.7 Å². The molecule has 1 N–H and O–H groups in total. The number of aliphatic hydroxyl groups excluding tert-OH is 1. The molecule has 7 nitrogen and oxygen atoms in total. The van der Waals surface area contributed by atoms with E-state index >= 15 is 0 Å². The molecule has 1 saturated heterocycles. The first-order valence-electron chi connectivity index (χ1n) is 11.9. The van der Waals surface area contributed by atoms with E-state index in [-0.39, 0.29) is 16.5 Å². The van der Waals surface area contributed by atoms with E-state index in [0.717, 1.165) is 10.9 Å². The van der Waals surface area contributed by atoms with Gasteiger partial charge in [0.25, 0.3) is 5.78 Å². The first-order valence-corrected chi connectivity index (χ1v) is 14.1. The number of hydrogen-bond acceptors (Lipinski definition) is 8. The number of aromatic nitrogens is 3. The van der Waals surface area contributed by atoms with Crippen molar-refractivity contribution in [2.45, 2.75) is 16.1 Å². The summed E-state index contributed by atoms with van der Waals surface area (Å²) >= 11 is 8.84. The molecule has 1 atom stereocenters. The lowest BCUT2D eigenvalue weighted by molar-refractivity contribution is -0.132. The molecule has 0 saturated carbocycles. The predicted octanol–water partition coefficient (Wildman–Crippen LogP) is 6.66. The number of benzene rings is 3. The van der Waals surface area contributed by atoms with Crippen molar-refractivity contribution in [1.29, 1.82) is 0 Å². The number of pyridine rings is 1. The molecule has 1 aliphatic heterocycles. The number of nitrogens with zero attached hydrogens (tertiary/aromatic N) is 4. The molecule has 2 aromatic heterocycles. The zero-order valence-electron chi connectivity index (χ0n) is 20.2. The topological polar surface area (TPSA) is 96.3 Å². The zero-order chi connectivity index (χ0) is 26.9. The minimum absolute atomic E-state index is 0.0336. The molecule has 39 heavy (non-hydrogen) atoms. The van der Waals surface area contributed by atoms with E-state index in [9.17, 15) is 14.7 Å². The van der Waals surface area contributed by atoms with Crippen LogP contribution in [-0.2, 0) is 15.3 Å². The second-order valence-corrected chi connectivity index (χ2v) is 11.3. The third kappa shape index (κ3) is 4.80. The summed E-state index contributed by atoms with van der Waals surface area (Å²) in [7, 11) is 0. The fourth-order valence-corrected chi connectivity index (χ4v) is 6.57. The van der Waals surface area contributed by atoms with Crippen LogP contribution in [0.2, 0.25) is 5.02 Å². The van der Waals surface area contributed by atoms with Gasteiger partial charge >= 0.3 is 5.91 Å². The number of carbonyl (C=O) groups is 2. The average Bonchev–Trinajstić information content (AvgIpc) is 3.54. The second-order valence-electron chi connectivity index (χ2n) is 8.73. The molecule has 6 rings (SSSR count). The lowest BCUT2D eigenvalue weighted by Gasteiger charge is -2.22. The number of rotatable bonds is 6. The van der Waals surface area contributed by atoms with Crippen LogP contribution in [0, 0.1) is 0 Å². The minimum Gasteiger partial charge on any atom is -0.507 e. The lowest BCUT2D eigenvalue weighted by atomic mass is 9.96. The Bertz CT molecular complexity index is 1730. The highest BCUT2D eigenvalue weighted by atomic mass is 35.5. The van der Waals surface area contributed by atoms with Gasteiger partial charge in [0, 0.05) is 28.7 Å². The summed E-state index contributed by atoms with van der Waals surface area (Å²) in [5.74, 6) is -1.21. The van der Waals surface area contributed by atoms with Crippen molar-refractivity contribution in [3.8, 4) is 0 Å². The molecule has 1 aliphatic rings. The Hall–Kier alpha value is -4.05. The highest BCUT2D eigenvalue weighted by Gasteiger charge is 2.48. The fraction of sp³-hybridized carbons (Fsp3) is 0.0690. The Balaban J connectivity index is 1.36. The van der Waals surface area contributed by atoms with Crippen molar-refractivity contribution in [2.75, 3.05) is 4.90 Å². The van der Waals surface area contributed by atoms with Gasteiger partial charge in [0.1, 0.15) is 5.76 Å². The Labute approximate surface area is 236 Å². The number of amides is 1. The molecular formula is C29H19ClN4O3S2. The van der Waals surface area contributed by atoms with E-state index in [2.05, 4.69) is 39.4 Å². The van der Waals surface area contributed by atoms with Gasteiger partial charge in [0.05, 0.1) is 11.6 Å². The van der Waals surface area contributed by atoms with Gasteiger partial charge < -0.3 is 5.11 Å². The maximum Gasteiger partial charge on any atom is 0.301 e. The summed E-state index contributed by atoms with van der Waals surface area (Å²) in [4.78, 5) is 31.9. The van der Waals surface area contributed by atoms with Gasteiger partial charge in [-0.3, -0.25) is 19.5 Å². The summed E-state index contributed by atoms with van der Waals surface area (Å²) in [6, 6.07) is 23.4. The first kappa shape index (κ1) is 25.2. The van der Waals surface area contributed by atoms with Gasteiger partial charge in [-0.15, -0.1) is 10.2 Å².